The molecule has 0 bridgehead atoms. The Morgan fingerprint density at radius 2 is 1.78 bits per heavy atom. The Labute approximate surface area is 140 Å². The number of aromatic amines is 1. The lowest BCUT2D eigenvalue weighted by molar-refractivity contribution is 1.09. The van der Waals surface area contributed by atoms with Gasteiger partial charge in [0.25, 0.3) is 0 Å². The van der Waals surface area contributed by atoms with Gasteiger partial charge in [-0.25, -0.2) is 0 Å². The molecule has 3 N–H and O–H groups in total. The van der Waals surface area contributed by atoms with E-state index in [9.17, 15) is 0 Å². The van der Waals surface area contributed by atoms with Crippen molar-refractivity contribution < 1.29 is 0 Å². The Hall–Kier alpha value is -2.66. The first-order chi connectivity index (χ1) is 11.1. The average molecular weight is 328 g/mol. The molecule has 5 nitrogen and oxygen atoms in total. The minimum atomic E-state index is 0.687. The summed E-state index contributed by atoms with van der Waals surface area (Å²) in [6.07, 6.45) is 1.73. The molecule has 0 atom stereocenters. The molecule has 6 heteroatoms. The van der Waals surface area contributed by atoms with Crippen LogP contribution in [0.1, 0.15) is 0 Å². The van der Waals surface area contributed by atoms with E-state index in [-0.39, 0.29) is 0 Å². The number of rotatable bonds is 5. The number of halogens is 1. The van der Waals surface area contributed by atoms with Crippen molar-refractivity contribution in [3.05, 3.63) is 59.8 Å². The molecule has 2 aromatic carbocycles. The van der Waals surface area contributed by atoms with Gasteiger partial charge in [-0.1, -0.05) is 17.7 Å². The van der Waals surface area contributed by atoms with Crippen LogP contribution < -0.4 is 15.5 Å². The summed E-state index contributed by atoms with van der Waals surface area (Å²) in [4.78, 5) is 2.06. The summed E-state index contributed by atoms with van der Waals surface area (Å²) in [5.74, 6) is 0.794. The van der Waals surface area contributed by atoms with Crippen LogP contribution in [0.3, 0.4) is 0 Å². The SMILES string of the molecule is CN(C)c1ccc(Nc2[nH]ncc2Nc2cccc(Cl)c2)cc1. The first-order valence-corrected chi connectivity index (χ1v) is 7.60. The summed E-state index contributed by atoms with van der Waals surface area (Å²) in [5.41, 5.74) is 3.89. The smallest absolute Gasteiger partial charge is 0.150 e. The summed E-state index contributed by atoms with van der Waals surface area (Å²) < 4.78 is 0. The minimum Gasteiger partial charge on any atom is -0.378 e. The molecule has 0 amide bonds. The van der Waals surface area contributed by atoms with E-state index in [0.29, 0.717) is 5.02 Å². The molecule has 1 heterocycles. The van der Waals surface area contributed by atoms with Gasteiger partial charge >= 0.3 is 0 Å². The Balaban J connectivity index is 1.75. The van der Waals surface area contributed by atoms with Crippen molar-refractivity contribution in [2.24, 2.45) is 0 Å². The van der Waals surface area contributed by atoms with Crippen molar-refractivity contribution in [1.82, 2.24) is 10.2 Å². The second-order valence-corrected chi connectivity index (χ2v) is 5.80. The quantitative estimate of drug-likeness (QED) is 0.640. The molecule has 0 saturated heterocycles. The van der Waals surface area contributed by atoms with Gasteiger partial charge in [0.2, 0.25) is 0 Å². The van der Waals surface area contributed by atoms with Gasteiger partial charge in [-0.05, 0) is 42.5 Å². The van der Waals surface area contributed by atoms with Crippen LogP contribution in [-0.4, -0.2) is 24.3 Å². The summed E-state index contributed by atoms with van der Waals surface area (Å²) in [7, 11) is 4.04. The maximum absolute atomic E-state index is 6.01. The summed E-state index contributed by atoms with van der Waals surface area (Å²) in [6.45, 7) is 0. The molecule has 3 aromatic rings. The third kappa shape index (κ3) is 3.76. The average Bonchev–Trinajstić information content (AvgIpc) is 2.95. The number of nitrogens with one attached hydrogen (secondary N) is 3. The van der Waals surface area contributed by atoms with Gasteiger partial charge in [0.1, 0.15) is 11.5 Å². The molecule has 0 spiro atoms. The topological polar surface area (TPSA) is 56.0 Å². The molecule has 23 heavy (non-hydrogen) atoms. The van der Waals surface area contributed by atoms with Crippen molar-refractivity contribution in [2.75, 3.05) is 29.6 Å². The van der Waals surface area contributed by atoms with Crippen LogP contribution in [0.2, 0.25) is 5.02 Å². The number of aromatic nitrogens is 2. The van der Waals surface area contributed by atoms with Crippen molar-refractivity contribution >= 4 is 40.2 Å². The molecule has 0 aliphatic rings. The highest BCUT2D eigenvalue weighted by atomic mass is 35.5. The van der Waals surface area contributed by atoms with Gasteiger partial charge in [0.05, 0.1) is 6.20 Å². The first kappa shape index (κ1) is 15.2. The van der Waals surface area contributed by atoms with E-state index < -0.39 is 0 Å². The number of nitrogens with zero attached hydrogens (tertiary/aromatic N) is 2. The van der Waals surface area contributed by atoms with Crippen LogP contribution in [0, 0.1) is 0 Å². The molecule has 0 saturated carbocycles. The molecule has 118 valence electrons. The van der Waals surface area contributed by atoms with Crippen molar-refractivity contribution in [2.45, 2.75) is 0 Å². The van der Waals surface area contributed by atoms with Crippen LogP contribution in [0.15, 0.2) is 54.7 Å². The maximum atomic E-state index is 6.01. The van der Waals surface area contributed by atoms with Crippen LogP contribution in [0.5, 0.6) is 0 Å². The Morgan fingerprint density at radius 3 is 2.48 bits per heavy atom. The first-order valence-electron chi connectivity index (χ1n) is 7.22. The third-order valence-corrected chi connectivity index (χ3v) is 3.63. The van der Waals surface area contributed by atoms with Gasteiger partial charge in [-0.3, -0.25) is 5.10 Å². The van der Waals surface area contributed by atoms with Gasteiger partial charge < -0.3 is 15.5 Å². The highest BCUT2D eigenvalue weighted by Crippen LogP contribution is 2.27. The molecular formula is C17H18ClN5. The molecular weight excluding hydrogens is 310 g/mol. The monoisotopic (exact) mass is 327 g/mol. The van der Waals surface area contributed by atoms with Crippen LogP contribution in [-0.2, 0) is 0 Å². The summed E-state index contributed by atoms with van der Waals surface area (Å²) in [5, 5.41) is 14.4. The maximum Gasteiger partial charge on any atom is 0.150 e. The zero-order valence-corrected chi connectivity index (χ0v) is 13.7. The number of hydrogen-bond acceptors (Lipinski definition) is 4. The fourth-order valence-electron chi connectivity index (χ4n) is 2.19. The zero-order valence-electron chi connectivity index (χ0n) is 13.0. The van der Waals surface area contributed by atoms with E-state index in [1.54, 1.807) is 6.20 Å². The number of benzene rings is 2. The molecule has 3 rings (SSSR count). The van der Waals surface area contributed by atoms with Crippen molar-refractivity contribution in [3.8, 4) is 0 Å². The molecule has 1 aromatic heterocycles. The summed E-state index contributed by atoms with van der Waals surface area (Å²) >= 11 is 6.01. The molecule has 0 unspecified atom stereocenters. The van der Waals surface area contributed by atoms with Crippen LogP contribution >= 0.6 is 11.6 Å². The predicted octanol–water partition coefficient (Wildman–Crippen LogP) is 4.62. The zero-order chi connectivity index (χ0) is 16.2. The van der Waals surface area contributed by atoms with E-state index in [2.05, 4.69) is 37.9 Å². The summed E-state index contributed by atoms with van der Waals surface area (Å²) in [6, 6.07) is 15.7. The standard InChI is InChI=1S/C17H18ClN5/c1-23(2)15-8-6-13(7-9-15)21-17-16(11-19-22-17)20-14-5-3-4-12(18)10-14/h3-11,20H,1-2H3,(H2,19,21,22). The molecule has 0 aliphatic heterocycles. The fourth-order valence-corrected chi connectivity index (χ4v) is 2.38. The Morgan fingerprint density at radius 1 is 1.00 bits per heavy atom. The number of anilines is 5. The van der Waals surface area contributed by atoms with E-state index >= 15 is 0 Å². The second-order valence-electron chi connectivity index (χ2n) is 5.36. The van der Waals surface area contributed by atoms with E-state index in [1.807, 2.05) is 50.5 Å². The molecule has 0 aliphatic carbocycles. The van der Waals surface area contributed by atoms with Gasteiger partial charge in [0, 0.05) is 36.2 Å². The lowest BCUT2D eigenvalue weighted by atomic mass is 10.2. The minimum absolute atomic E-state index is 0.687. The lowest BCUT2D eigenvalue weighted by Gasteiger charge is -2.13. The van der Waals surface area contributed by atoms with Gasteiger partial charge in [-0.15, -0.1) is 0 Å². The van der Waals surface area contributed by atoms with Gasteiger partial charge in [0.15, 0.2) is 0 Å². The third-order valence-electron chi connectivity index (χ3n) is 3.40. The normalized spacial score (nSPS) is 10.4. The predicted molar refractivity (Wildman–Crippen MR) is 97.4 cm³/mol. The lowest BCUT2D eigenvalue weighted by Crippen LogP contribution is -2.08. The molecule has 0 fully saturated rings. The van der Waals surface area contributed by atoms with Gasteiger partial charge in [-0.2, -0.15) is 5.10 Å². The fraction of sp³-hybridized carbons (Fsp3) is 0.118. The Kier molecular flexibility index (Phi) is 4.39. The highest BCUT2D eigenvalue weighted by molar-refractivity contribution is 6.30. The Bertz CT molecular complexity index is 780. The van der Waals surface area contributed by atoms with E-state index in [4.69, 9.17) is 11.6 Å². The number of H-pyrrole nitrogens is 1. The highest BCUT2D eigenvalue weighted by Gasteiger charge is 2.06. The van der Waals surface area contributed by atoms with Crippen molar-refractivity contribution in [3.63, 3.8) is 0 Å². The van der Waals surface area contributed by atoms with E-state index in [0.717, 1.165) is 28.6 Å². The molecule has 0 radical (unpaired) electrons. The number of hydrogen-bond donors (Lipinski definition) is 3. The second kappa shape index (κ2) is 6.62. The largest absolute Gasteiger partial charge is 0.378 e. The van der Waals surface area contributed by atoms with Crippen LogP contribution in [0.25, 0.3) is 0 Å². The van der Waals surface area contributed by atoms with E-state index in [1.165, 1.54) is 0 Å². The van der Waals surface area contributed by atoms with Crippen molar-refractivity contribution in [1.29, 1.82) is 0 Å². The van der Waals surface area contributed by atoms with Crippen LogP contribution in [0.4, 0.5) is 28.6 Å².